The molecular weight excluding hydrogens is 519 g/mol. The van der Waals surface area contributed by atoms with Gasteiger partial charge in [0.2, 0.25) is 0 Å². The number of anilines is 1. The fraction of sp³-hybridized carbons (Fsp3) is 0.391. The zero-order chi connectivity index (χ0) is 23.0. The van der Waals surface area contributed by atoms with Crippen LogP contribution in [0.15, 0.2) is 36.8 Å². The van der Waals surface area contributed by atoms with Gasteiger partial charge < -0.3 is 19.1 Å². The summed E-state index contributed by atoms with van der Waals surface area (Å²) in [6.07, 6.45) is 3.31. The molecule has 1 unspecified atom stereocenters. The van der Waals surface area contributed by atoms with Crippen LogP contribution in [0.25, 0.3) is 16.7 Å². The zero-order valence-corrected chi connectivity index (χ0v) is 20.7. The Labute approximate surface area is 200 Å². The minimum Gasteiger partial charge on any atom is -0.444 e. The van der Waals surface area contributed by atoms with Crippen molar-refractivity contribution in [1.29, 1.82) is 5.26 Å². The Hall–Kier alpha value is -2.87. The fourth-order valence-electron chi connectivity index (χ4n) is 3.91. The molecule has 32 heavy (non-hydrogen) atoms. The van der Waals surface area contributed by atoms with Crippen molar-refractivity contribution < 1.29 is 9.53 Å². The number of benzene rings is 1. The Bertz CT molecular complexity index is 1210. The zero-order valence-electron chi connectivity index (χ0n) is 18.5. The van der Waals surface area contributed by atoms with Gasteiger partial charge in [0.05, 0.1) is 17.0 Å². The van der Waals surface area contributed by atoms with E-state index >= 15 is 0 Å². The van der Waals surface area contributed by atoms with Crippen LogP contribution in [-0.4, -0.2) is 56.8 Å². The smallest absolute Gasteiger partial charge is 0.410 e. The van der Waals surface area contributed by atoms with E-state index in [9.17, 15) is 10.1 Å². The van der Waals surface area contributed by atoms with Gasteiger partial charge in [-0.3, -0.25) is 0 Å². The van der Waals surface area contributed by atoms with Crippen molar-refractivity contribution in [3.05, 3.63) is 45.9 Å². The predicted octanol–water partition coefficient (Wildman–Crippen LogP) is 4.34. The fourth-order valence-corrected chi connectivity index (χ4v) is 4.67. The van der Waals surface area contributed by atoms with E-state index in [0.717, 1.165) is 26.1 Å². The SMILES string of the molecule is CC1CN(c2ncnc3c2c(I)cn3-c2cccc(C#N)c2)CCN1C(=O)OC(C)(C)C. The normalized spacial score (nSPS) is 16.8. The highest BCUT2D eigenvalue weighted by atomic mass is 127. The van der Waals surface area contributed by atoms with Crippen molar-refractivity contribution in [2.24, 2.45) is 0 Å². The lowest BCUT2D eigenvalue weighted by molar-refractivity contribution is 0.0159. The van der Waals surface area contributed by atoms with Crippen molar-refractivity contribution in [1.82, 2.24) is 19.4 Å². The van der Waals surface area contributed by atoms with Gasteiger partial charge in [-0.15, -0.1) is 0 Å². The first-order valence-corrected chi connectivity index (χ1v) is 11.5. The summed E-state index contributed by atoms with van der Waals surface area (Å²) in [6.45, 7) is 9.52. The van der Waals surface area contributed by atoms with E-state index in [1.165, 1.54) is 0 Å². The van der Waals surface area contributed by atoms with Crippen LogP contribution in [-0.2, 0) is 4.74 Å². The van der Waals surface area contributed by atoms with E-state index in [4.69, 9.17) is 4.74 Å². The second-order valence-electron chi connectivity index (χ2n) is 8.87. The molecule has 9 heteroatoms. The third-order valence-electron chi connectivity index (χ3n) is 5.33. The van der Waals surface area contributed by atoms with Gasteiger partial charge in [-0.1, -0.05) is 6.07 Å². The summed E-state index contributed by atoms with van der Waals surface area (Å²) < 4.78 is 8.58. The molecule has 0 aliphatic carbocycles. The van der Waals surface area contributed by atoms with Gasteiger partial charge in [-0.05, 0) is 68.5 Å². The Kier molecular flexibility index (Phi) is 5.99. The minimum absolute atomic E-state index is 0.0179. The Morgan fingerprint density at radius 3 is 2.75 bits per heavy atom. The van der Waals surface area contributed by atoms with Crippen LogP contribution in [0.2, 0.25) is 0 Å². The van der Waals surface area contributed by atoms with Crippen LogP contribution in [0.3, 0.4) is 0 Å². The summed E-state index contributed by atoms with van der Waals surface area (Å²) >= 11 is 2.30. The third-order valence-corrected chi connectivity index (χ3v) is 6.14. The number of ether oxygens (including phenoxy) is 1. The first-order valence-electron chi connectivity index (χ1n) is 10.4. The molecule has 4 rings (SSSR count). The molecule has 3 aromatic rings. The van der Waals surface area contributed by atoms with Crippen molar-refractivity contribution in [3.8, 4) is 11.8 Å². The lowest BCUT2D eigenvalue weighted by Crippen LogP contribution is -2.55. The van der Waals surface area contributed by atoms with Gasteiger partial charge >= 0.3 is 6.09 Å². The molecule has 0 spiro atoms. The van der Waals surface area contributed by atoms with Crippen molar-refractivity contribution in [3.63, 3.8) is 0 Å². The van der Waals surface area contributed by atoms with Gasteiger partial charge in [-0.25, -0.2) is 14.8 Å². The number of hydrogen-bond donors (Lipinski definition) is 0. The number of carbonyl (C=O) groups excluding carboxylic acids is 1. The van der Waals surface area contributed by atoms with E-state index < -0.39 is 5.60 Å². The minimum atomic E-state index is -0.519. The van der Waals surface area contributed by atoms with Crippen molar-refractivity contribution in [2.45, 2.75) is 39.3 Å². The molecule has 1 aromatic carbocycles. The van der Waals surface area contributed by atoms with E-state index in [2.05, 4.69) is 43.5 Å². The standard InChI is InChI=1S/C23H25IN6O2/c1-15-12-28(8-9-29(15)22(31)32-23(2,3)4)20-19-18(24)13-30(21(19)27-14-26-20)17-7-5-6-16(10-17)11-25/h5-7,10,13-15H,8-9,12H2,1-4H3. The number of nitrogens with zero attached hydrogens (tertiary/aromatic N) is 6. The molecule has 1 fully saturated rings. The average Bonchev–Trinajstić information content (AvgIpc) is 3.09. The monoisotopic (exact) mass is 544 g/mol. The number of carbonyl (C=O) groups is 1. The first-order chi connectivity index (χ1) is 15.2. The lowest BCUT2D eigenvalue weighted by Gasteiger charge is -2.40. The molecule has 1 saturated heterocycles. The highest BCUT2D eigenvalue weighted by Crippen LogP contribution is 2.32. The van der Waals surface area contributed by atoms with Crippen molar-refractivity contribution >= 4 is 45.5 Å². The molecule has 1 atom stereocenters. The number of hydrogen-bond acceptors (Lipinski definition) is 6. The maximum absolute atomic E-state index is 12.6. The van der Waals surface area contributed by atoms with Gasteiger partial charge in [0.15, 0.2) is 5.65 Å². The first kappa shape index (κ1) is 22.3. The summed E-state index contributed by atoms with van der Waals surface area (Å²) in [5.41, 5.74) is 1.75. The molecule has 0 radical (unpaired) electrons. The number of piperazine rings is 1. The molecular formula is C23H25IN6O2. The highest BCUT2D eigenvalue weighted by Gasteiger charge is 2.32. The molecule has 2 aromatic heterocycles. The lowest BCUT2D eigenvalue weighted by atomic mass is 10.2. The second kappa shape index (κ2) is 8.58. The Morgan fingerprint density at radius 1 is 1.28 bits per heavy atom. The maximum Gasteiger partial charge on any atom is 0.410 e. The van der Waals surface area contributed by atoms with Crippen LogP contribution < -0.4 is 4.90 Å². The van der Waals surface area contributed by atoms with Gasteiger partial charge in [0, 0.05) is 41.1 Å². The summed E-state index contributed by atoms with van der Waals surface area (Å²) in [5.74, 6) is 0.852. The van der Waals surface area contributed by atoms with E-state index in [1.807, 2.05) is 56.7 Å². The molecule has 0 bridgehead atoms. The van der Waals surface area contributed by atoms with Gasteiger partial charge in [-0.2, -0.15) is 5.26 Å². The third kappa shape index (κ3) is 4.37. The number of halogens is 1. The summed E-state index contributed by atoms with van der Waals surface area (Å²) in [7, 11) is 0. The average molecular weight is 544 g/mol. The quantitative estimate of drug-likeness (QED) is 0.447. The largest absolute Gasteiger partial charge is 0.444 e. The Morgan fingerprint density at radius 2 is 2.06 bits per heavy atom. The number of fused-ring (bicyclic) bond motifs is 1. The summed E-state index contributed by atoms with van der Waals surface area (Å²) in [4.78, 5) is 25.7. The van der Waals surface area contributed by atoms with Crippen LogP contribution in [0, 0.1) is 14.9 Å². The molecule has 8 nitrogen and oxygen atoms in total. The Balaban J connectivity index is 1.64. The van der Waals surface area contributed by atoms with Crippen molar-refractivity contribution in [2.75, 3.05) is 24.5 Å². The molecule has 1 aliphatic heterocycles. The number of nitriles is 1. The molecule has 1 amide bonds. The second-order valence-corrected chi connectivity index (χ2v) is 10.0. The van der Waals surface area contributed by atoms with E-state index in [-0.39, 0.29) is 12.1 Å². The molecule has 0 N–H and O–H groups in total. The topological polar surface area (TPSA) is 87.3 Å². The molecule has 0 saturated carbocycles. The maximum atomic E-state index is 12.6. The van der Waals surface area contributed by atoms with Crippen LogP contribution in [0.1, 0.15) is 33.3 Å². The molecule has 3 heterocycles. The summed E-state index contributed by atoms with van der Waals surface area (Å²) in [6, 6.07) is 9.63. The van der Waals surface area contributed by atoms with Gasteiger partial charge in [0.1, 0.15) is 17.7 Å². The van der Waals surface area contributed by atoms with Gasteiger partial charge in [0.25, 0.3) is 0 Å². The predicted molar refractivity (Wildman–Crippen MR) is 131 cm³/mol. The van der Waals surface area contributed by atoms with Crippen LogP contribution >= 0.6 is 22.6 Å². The molecule has 166 valence electrons. The highest BCUT2D eigenvalue weighted by molar-refractivity contribution is 14.1. The summed E-state index contributed by atoms with van der Waals surface area (Å²) in [5, 5.41) is 10.2. The molecule has 1 aliphatic rings. The number of aromatic nitrogens is 3. The van der Waals surface area contributed by atoms with Crippen LogP contribution in [0.5, 0.6) is 0 Å². The van der Waals surface area contributed by atoms with Crippen LogP contribution in [0.4, 0.5) is 10.6 Å². The number of amides is 1. The van der Waals surface area contributed by atoms with E-state index in [0.29, 0.717) is 25.2 Å². The number of rotatable bonds is 2. The van der Waals surface area contributed by atoms with E-state index in [1.54, 1.807) is 17.3 Å².